The van der Waals surface area contributed by atoms with E-state index in [4.69, 9.17) is 14.7 Å². The number of pyridine rings is 1. The van der Waals surface area contributed by atoms with E-state index in [9.17, 15) is 19.8 Å². The molecule has 3 aromatic carbocycles. The number of ether oxygens (including phenoxy) is 1. The quantitative estimate of drug-likeness (QED) is 0.110. The minimum absolute atomic E-state index is 0.0232. The Kier molecular flexibility index (Phi) is 12.2. The van der Waals surface area contributed by atoms with Gasteiger partial charge in [0.25, 0.3) is 5.91 Å². The number of rotatable bonds is 12. The van der Waals surface area contributed by atoms with Crippen molar-refractivity contribution >= 4 is 45.0 Å². The summed E-state index contributed by atoms with van der Waals surface area (Å²) in [6.45, 7) is 19.9. The van der Waals surface area contributed by atoms with E-state index in [0.717, 1.165) is 82.9 Å². The van der Waals surface area contributed by atoms with Crippen LogP contribution in [0.3, 0.4) is 0 Å². The van der Waals surface area contributed by atoms with E-state index in [2.05, 4.69) is 50.6 Å². The number of aliphatic hydroxyl groups is 1. The number of allylic oxidation sites excluding steroid dienone is 1. The second-order valence-electron chi connectivity index (χ2n) is 23.9. The molecule has 7 heterocycles. The molecule has 74 heavy (non-hydrogen) atoms. The lowest BCUT2D eigenvalue weighted by Crippen LogP contribution is -2.57. The van der Waals surface area contributed by atoms with Crippen molar-refractivity contribution in [2.75, 3.05) is 81.9 Å². The van der Waals surface area contributed by atoms with Crippen LogP contribution in [0.1, 0.15) is 106 Å². The number of fused-ring (bicyclic) bond motifs is 3. The van der Waals surface area contributed by atoms with Gasteiger partial charge in [-0.3, -0.25) is 19.5 Å². The van der Waals surface area contributed by atoms with Gasteiger partial charge in [0.1, 0.15) is 34.6 Å². The third-order valence-corrected chi connectivity index (χ3v) is 17.9. The van der Waals surface area contributed by atoms with Crippen molar-refractivity contribution in [1.82, 2.24) is 35.0 Å². The largest absolute Gasteiger partial charge is 0.508 e. The predicted molar refractivity (Wildman–Crippen MR) is 281 cm³/mol. The van der Waals surface area contributed by atoms with Gasteiger partial charge in [-0.05, 0) is 160 Å². The number of amides is 2. The van der Waals surface area contributed by atoms with Gasteiger partial charge in [-0.15, -0.1) is 0 Å². The lowest BCUT2D eigenvalue weighted by Gasteiger charge is -2.59. The van der Waals surface area contributed by atoms with Crippen LogP contribution in [-0.2, 0) is 17.8 Å². The number of anilines is 2. The Morgan fingerprint density at radius 1 is 0.878 bits per heavy atom. The average molecular weight is 1010 g/mol. The summed E-state index contributed by atoms with van der Waals surface area (Å²) in [5.74, 6) is -0.948. The third-order valence-electron chi connectivity index (χ3n) is 17.9. The van der Waals surface area contributed by atoms with E-state index in [1.165, 1.54) is 37.8 Å². The topological polar surface area (TPSA) is 151 Å². The molecule has 5 aromatic rings. The first-order valence-electron chi connectivity index (χ1n) is 27.0. The maximum absolute atomic E-state index is 17.2. The summed E-state index contributed by atoms with van der Waals surface area (Å²) in [7, 11) is 0. The molecule has 5 aliphatic heterocycles. The van der Waals surface area contributed by atoms with Crippen molar-refractivity contribution in [3.63, 3.8) is 0 Å². The number of aromatic hydroxyl groups is 1. The molecular weight excluding hydrogens is 941 g/mol. The Balaban J connectivity index is 0.668. The SMILES string of the molecule is C=C1CC[C@H](N2Cc3cc(N4CCN(CC5(C)CC6(CCN(CC7(COc8nc(N9CCC[C@@](C)(O)C9)c9cnc(-c%10cc(O)cc%11ccc(F)c(CC)c%10%11)c(F)c9n8)CC7)CC6)C5)CC4)ccc3C2=O)C(=O)N1. The molecule has 390 valence electrons. The van der Waals surface area contributed by atoms with Crippen molar-refractivity contribution in [3.05, 3.63) is 89.3 Å². The first kappa shape index (κ1) is 48.9. The minimum Gasteiger partial charge on any atom is -0.508 e. The number of phenolic OH excluding ortho intramolecular Hbond substituents is 1. The van der Waals surface area contributed by atoms with Crippen LogP contribution < -0.4 is 19.9 Å². The number of likely N-dealkylation sites (tertiary alicyclic amines) is 1. The molecule has 2 aromatic heterocycles. The van der Waals surface area contributed by atoms with Crippen molar-refractivity contribution in [2.24, 2.45) is 16.2 Å². The molecule has 4 saturated heterocycles. The number of aryl methyl sites for hydroxylation is 1. The van der Waals surface area contributed by atoms with Crippen LogP contribution in [-0.4, -0.2) is 135 Å². The fourth-order valence-electron chi connectivity index (χ4n) is 14.1. The predicted octanol–water partition coefficient (Wildman–Crippen LogP) is 8.35. The van der Waals surface area contributed by atoms with E-state index in [1.807, 2.05) is 17.9 Å². The first-order valence-corrected chi connectivity index (χ1v) is 27.0. The number of hydrogen-bond donors (Lipinski definition) is 3. The van der Waals surface area contributed by atoms with Gasteiger partial charge in [0, 0.05) is 93.0 Å². The molecule has 2 amide bonds. The summed E-state index contributed by atoms with van der Waals surface area (Å²) in [4.78, 5) is 51.6. The molecule has 16 heteroatoms. The van der Waals surface area contributed by atoms with Crippen molar-refractivity contribution in [3.8, 4) is 23.0 Å². The second kappa shape index (κ2) is 18.4. The number of piperazine rings is 1. The van der Waals surface area contributed by atoms with Gasteiger partial charge >= 0.3 is 6.01 Å². The molecule has 0 bridgehead atoms. The Morgan fingerprint density at radius 2 is 1.65 bits per heavy atom. The van der Waals surface area contributed by atoms with E-state index in [0.29, 0.717) is 102 Å². The maximum atomic E-state index is 17.2. The van der Waals surface area contributed by atoms with Gasteiger partial charge in [0.05, 0.1) is 17.6 Å². The minimum atomic E-state index is -0.960. The first-order chi connectivity index (χ1) is 35.5. The summed E-state index contributed by atoms with van der Waals surface area (Å²) in [6, 6.07) is 11.7. The smallest absolute Gasteiger partial charge is 0.319 e. The Bertz CT molecular complexity index is 3080. The number of benzene rings is 3. The van der Waals surface area contributed by atoms with Crippen molar-refractivity contribution in [2.45, 2.75) is 110 Å². The molecule has 0 unspecified atom stereocenters. The van der Waals surface area contributed by atoms with E-state index < -0.39 is 23.3 Å². The number of nitrogens with zero attached hydrogens (tertiary/aromatic N) is 8. The Hall–Kier alpha value is -5.97. The summed E-state index contributed by atoms with van der Waals surface area (Å²) in [5.41, 5.74) is 3.93. The number of piperidine rings is 3. The molecule has 12 rings (SSSR count). The zero-order valence-electron chi connectivity index (χ0n) is 43.1. The van der Waals surface area contributed by atoms with E-state index in [-0.39, 0.29) is 45.8 Å². The van der Waals surface area contributed by atoms with Crippen LogP contribution in [0.25, 0.3) is 32.9 Å². The summed E-state index contributed by atoms with van der Waals surface area (Å²) in [6.07, 6.45) is 11.5. The number of carbonyl (C=O) groups is 2. The average Bonchev–Trinajstić information content (AvgIpc) is 4.08. The Morgan fingerprint density at radius 3 is 2.38 bits per heavy atom. The molecule has 2 saturated carbocycles. The summed E-state index contributed by atoms with van der Waals surface area (Å²) < 4.78 is 38.9. The molecule has 7 aliphatic rings. The highest BCUT2D eigenvalue weighted by molar-refractivity contribution is 6.03. The van der Waals surface area contributed by atoms with Crippen LogP contribution in [0.5, 0.6) is 11.8 Å². The van der Waals surface area contributed by atoms with Gasteiger partial charge in [0.15, 0.2) is 5.82 Å². The molecule has 3 N–H and O–H groups in total. The van der Waals surface area contributed by atoms with Gasteiger partial charge in [-0.25, -0.2) is 8.78 Å². The van der Waals surface area contributed by atoms with Crippen LogP contribution in [0.2, 0.25) is 0 Å². The third kappa shape index (κ3) is 9.11. The Labute approximate surface area is 431 Å². The molecule has 1 spiro atoms. The van der Waals surface area contributed by atoms with Crippen LogP contribution in [0, 0.1) is 27.9 Å². The molecule has 2 atom stereocenters. The molecule has 14 nitrogen and oxygen atoms in total. The summed E-state index contributed by atoms with van der Waals surface area (Å²) >= 11 is 0. The second-order valence-corrected chi connectivity index (χ2v) is 23.9. The standard InChI is InChI=1S/C58H69F2N9O5/c1-5-41-45(59)11-8-37-26-40(70)27-43(47(37)41)49-48(60)50-44(28-61-49)51(68-18-6-13-56(4,73)33-68)64-54(63-50)74-35-58(14-15-58)34-65-19-16-57(17-20-65)30-55(3,31-57)32-66-21-23-67(24-22-66)39-9-10-42-38(25-39)29-69(53(42)72)46-12-7-36(2)62-52(46)71/h8-11,25-28,46,70,73H,2,5-7,12-24,29-35H2,1,3-4H3,(H,62,71)/t46-,56+/m0/s1. The molecular formula is C58H69F2N9O5. The highest BCUT2D eigenvalue weighted by Gasteiger charge is 2.54. The number of halogens is 2. The lowest BCUT2D eigenvalue weighted by molar-refractivity contribution is -0.126. The number of β-amino-alcohol motifs (C(OH)–C–C–N with tert-alkyl or cyclic N) is 1. The normalized spacial score (nSPS) is 24.6. The van der Waals surface area contributed by atoms with Gasteiger partial charge in [-0.1, -0.05) is 26.5 Å². The van der Waals surface area contributed by atoms with Crippen LogP contribution in [0.15, 0.2) is 60.9 Å². The highest BCUT2D eigenvalue weighted by Crippen LogP contribution is 2.60. The maximum Gasteiger partial charge on any atom is 0.319 e. The van der Waals surface area contributed by atoms with Crippen LogP contribution in [0.4, 0.5) is 20.3 Å². The van der Waals surface area contributed by atoms with E-state index >= 15 is 8.78 Å². The number of carbonyl (C=O) groups excluding carboxylic acids is 2. The number of phenols is 1. The van der Waals surface area contributed by atoms with Crippen LogP contribution >= 0.6 is 0 Å². The summed E-state index contributed by atoms with van der Waals surface area (Å²) in [5, 5.41) is 26.2. The molecule has 6 fully saturated rings. The van der Waals surface area contributed by atoms with E-state index in [1.54, 1.807) is 30.2 Å². The number of nitrogens with one attached hydrogen (secondary N) is 1. The lowest BCUT2D eigenvalue weighted by atomic mass is 9.50. The van der Waals surface area contributed by atoms with Gasteiger partial charge in [-0.2, -0.15) is 9.97 Å². The van der Waals surface area contributed by atoms with Gasteiger partial charge in [0.2, 0.25) is 5.91 Å². The number of aromatic nitrogens is 3. The molecule has 2 aliphatic carbocycles. The molecule has 0 radical (unpaired) electrons. The van der Waals surface area contributed by atoms with Crippen molar-refractivity contribution < 1.29 is 33.3 Å². The zero-order valence-corrected chi connectivity index (χ0v) is 43.1. The monoisotopic (exact) mass is 1010 g/mol. The zero-order chi connectivity index (χ0) is 51.3. The van der Waals surface area contributed by atoms with Crippen molar-refractivity contribution in [1.29, 1.82) is 0 Å². The fourth-order valence-corrected chi connectivity index (χ4v) is 14.1. The number of hydrogen-bond acceptors (Lipinski definition) is 12. The fraction of sp³-hybridized carbons (Fsp3) is 0.534. The highest BCUT2D eigenvalue weighted by atomic mass is 19.1. The van der Waals surface area contributed by atoms with Gasteiger partial charge < -0.3 is 39.9 Å².